The van der Waals surface area contributed by atoms with E-state index >= 15 is 0 Å². The van der Waals surface area contributed by atoms with E-state index in [-0.39, 0.29) is 11.5 Å². The molecule has 0 aliphatic carbocycles. The molecule has 4 heteroatoms. The second-order valence-corrected chi connectivity index (χ2v) is 3.36. The molecule has 0 saturated carbocycles. The van der Waals surface area contributed by atoms with Crippen molar-refractivity contribution in [2.45, 2.75) is 0 Å². The maximum atomic E-state index is 13.0. The van der Waals surface area contributed by atoms with Crippen molar-refractivity contribution in [1.29, 1.82) is 0 Å². The van der Waals surface area contributed by atoms with Gasteiger partial charge >= 0.3 is 0 Å². The van der Waals surface area contributed by atoms with Gasteiger partial charge < -0.3 is 14.6 Å². The molecule has 17 heavy (non-hydrogen) atoms. The van der Waals surface area contributed by atoms with E-state index in [1.165, 1.54) is 13.2 Å². The fourth-order valence-electron chi connectivity index (χ4n) is 1.39. The first-order valence-electron chi connectivity index (χ1n) is 5.00. The molecule has 0 saturated heterocycles. The molecule has 0 unspecified atom stereocenters. The quantitative estimate of drug-likeness (QED) is 0.885. The summed E-state index contributed by atoms with van der Waals surface area (Å²) in [5.74, 6) is 0.367. The Morgan fingerprint density at radius 2 is 1.71 bits per heavy atom. The number of benzene rings is 2. The van der Waals surface area contributed by atoms with Crippen molar-refractivity contribution in [3.8, 4) is 23.0 Å². The number of methoxy groups -OCH3 is 1. The number of phenols is 1. The maximum absolute atomic E-state index is 13.0. The van der Waals surface area contributed by atoms with Gasteiger partial charge in [-0.15, -0.1) is 0 Å². The molecule has 1 N–H and O–H groups in total. The Morgan fingerprint density at radius 3 is 2.41 bits per heavy atom. The zero-order valence-electron chi connectivity index (χ0n) is 9.18. The third-order valence-electron chi connectivity index (χ3n) is 2.21. The van der Waals surface area contributed by atoms with Crippen LogP contribution in [0.2, 0.25) is 0 Å². The van der Waals surface area contributed by atoms with Gasteiger partial charge in [0.05, 0.1) is 7.11 Å². The number of hydrogen-bond acceptors (Lipinski definition) is 3. The van der Waals surface area contributed by atoms with E-state index in [9.17, 15) is 9.50 Å². The molecule has 0 amide bonds. The van der Waals surface area contributed by atoms with Crippen LogP contribution in [0.4, 0.5) is 4.39 Å². The fraction of sp³-hybridized carbons (Fsp3) is 0.0769. The van der Waals surface area contributed by atoms with Gasteiger partial charge in [-0.05, 0) is 24.3 Å². The van der Waals surface area contributed by atoms with Gasteiger partial charge in [-0.2, -0.15) is 0 Å². The standard InChI is InChI=1S/C13H11FO3/c1-16-11-4-2-3-5-12(11)17-13-8-9(14)6-7-10(13)15/h2-8,15H,1H3. The summed E-state index contributed by atoms with van der Waals surface area (Å²) in [7, 11) is 1.51. The third kappa shape index (κ3) is 2.47. The topological polar surface area (TPSA) is 38.7 Å². The smallest absolute Gasteiger partial charge is 0.172 e. The SMILES string of the molecule is COc1ccccc1Oc1cc(F)ccc1O. The minimum absolute atomic E-state index is 0.0505. The van der Waals surface area contributed by atoms with Crippen LogP contribution in [-0.4, -0.2) is 12.2 Å². The summed E-state index contributed by atoms with van der Waals surface area (Å²) in [4.78, 5) is 0. The van der Waals surface area contributed by atoms with Gasteiger partial charge in [0.15, 0.2) is 23.0 Å². The van der Waals surface area contributed by atoms with Crippen LogP contribution in [0.5, 0.6) is 23.0 Å². The highest BCUT2D eigenvalue weighted by Crippen LogP contribution is 2.35. The normalized spacial score (nSPS) is 10.0. The predicted molar refractivity (Wildman–Crippen MR) is 61.1 cm³/mol. The molecule has 0 aromatic heterocycles. The molecule has 0 aliphatic heterocycles. The molecule has 2 aromatic rings. The van der Waals surface area contributed by atoms with Crippen LogP contribution in [0, 0.1) is 5.82 Å². The number of rotatable bonds is 3. The minimum Gasteiger partial charge on any atom is -0.504 e. The molecule has 2 rings (SSSR count). The van der Waals surface area contributed by atoms with Gasteiger partial charge in [-0.25, -0.2) is 4.39 Å². The van der Waals surface area contributed by atoms with E-state index < -0.39 is 5.82 Å². The second kappa shape index (κ2) is 4.74. The first-order valence-corrected chi connectivity index (χ1v) is 5.00. The minimum atomic E-state index is -0.479. The molecular weight excluding hydrogens is 223 g/mol. The van der Waals surface area contributed by atoms with Gasteiger partial charge in [0.2, 0.25) is 0 Å². The van der Waals surface area contributed by atoms with Gasteiger partial charge in [-0.1, -0.05) is 12.1 Å². The Bertz CT molecular complexity index is 526. The zero-order chi connectivity index (χ0) is 12.3. The first kappa shape index (κ1) is 11.3. The molecule has 0 fully saturated rings. The fourth-order valence-corrected chi connectivity index (χ4v) is 1.39. The lowest BCUT2D eigenvalue weighted by Gasteiger charge is -2.10. The van der Waals surface area contributed by atoms with Crippen LogP contribution in [0.1, 0.15) is 0 Å². The van der Waals surface area contributed by atoms with Crippen molar-refractivity contribution < 1.29 is 19.0 Å². The Balaban J connectivity index is 2.34. The molecule has 88 valence electrons. The summed E-state index contributed by atoms with van der Waals surface area (Å²) in [5, 5.41) is 9.53. The Hall–Kier alpha value is -2.23. The molecule has 0 aliphatic rings. The summed E-state index contributed by atoms with van der Waals surface area (Å²) in [6, 6.07) is 10.4. The number of aromatic hydroxyl groups is 1. The number of ether oxygens (including phenoxy) is 2. The number of phenolic OH excluding ortho intramolecular Hbond substituents is 1. The molecular formula is C13H11FO3. The van der Waals surface area contributed by atoms with E-state index in [2.05, 4.69) is 0 Å². The van der Waals surface area contributed by atoms with Crippen LogP contribution < -0.4 is 9.47 Å². The van der Waals surface area contributed by atoms with Crippen LogP contribution in [-0.2, 0) is 0 Å². The van der Waals surface area contributed by atoms with E-state index in [4.69, 9.17) is 9.47 Å². The molecule has 3 nitrogen and oxygen atoms in total. The largest absolute Gasteiger partial charge is 0.504 e. The van der Waals surface area contributed by atoms with Crippen molar-refractivity contribution in [1.82, 2.24) is 0 Å². The molecule has 0 heterocycles. The highest BCUT2D eigenvalue weighted by molar-refractivity contribution is 5.46. The highest BCUT2D eigenvalue weighted by atomic mass is 19.1. The second-order valence-electron chi connectivity index (χ2n) is 3.36. The molecule has 0 spiro atoms. The van der Waals surface area contributed by atoms with Crippen molar-refractivity contribution >= 4 is 0 Å². The summed E-state index contributed by atoms with van der Waals surface area (Å²) in [6.45, 7) is 0. The summed E-state index contributed by atoms with van der Waals surface area (Å²) >= 11 is 0. The van der Waals surface area contributed by atoms with Crippen molar-refractivity contribution in [2.75, 3.05) is 7.11 Å². The van der Waals surface area contributed by atoms with Crippen LogP contribution >= 0.6 is 0 Å². The van der Waals surface area contributed by atoms with Crippen LogP contribution in [0.15, 0.2) is 42.5 Å². The van der Waals surface area contributed by atoms with Crippen LogP contribution in [0.25, 0.3) is 0 Å². The summed E-state index contributed by atoms with van der Waals surface area (Å²) in [5.41, 5.74) is 0. The van der Waals surface area contributed by atoms with Crippen molar-refractivity contribution in [2.24, 2.45) is 0 Å². The third-order valence-corrected chi connectivity index (χ3v) is 2.21. The van der Waals surface area contributed by atoms with E-state index in [1.54, 1.807) is 24.3 Å². The average Bonchev–Trinajstić information content (AvgIpc) is 2.34. The van der Waals surface area contributed by atoms with Gasteiger partial charge in [-0.3, -0.25) is 0 Å². The van der Waals surface area contributed by atoms with Gasteiger partial charge in [0.1, 0.15) is 5.82 Å². The van der Waals surface area contributed by atoms with E-state index in [1.807, 2.05) is 0 Å². The number of hydrogen-bond donors (Lipinski definition) is 1. The van der Waals surface area contributed by atoms with E-state index in [0.29, 0.717) is 11.5 Å². The molecule has 0 atom stereocenters. The van der Waals surface area contributed by atoms with Gasteiger partial charge in [0.25, 0.3) is 0 Å². The number of para-hydroxylation sites is 2. The van der Waals surface area contributed by atoms with Crippen molar-refractivity contribution in [3.63, 3.8) is 0 Å². The molecule has 0 radical (unpaired) electrons. The lowest BCUT2D eigenvalue weighted by molar-refractivity contribution is 0.365. The summed E-state index contributed by atoms with van der Waals surface area (Å²) in [6.07, 6.45) is 0. The zero-order valence-corrected chi connectivity index (χ0v) is 9.18. The highest BCUT2D eigenvalue weighted by Gasteiger charge is 2.08. The monoisotopic (exact) mass is 234 g/mol. The average molecular weight is 234 g/mol. The Morgan fingerprint density at radius 1 is 1.00 bits per heavy atom. The Kier molecular flexibility index (Phi) is 3.14. The van der Waals surface area contributed by atoms with Crippen molar-refractivity contribution in [3.05, 3.63) is 48.3 Å². The number of halogens is 1. The van der Waals surface area contributed by atoms with Crippen LogP contribution in [0.3, 0.4) is 0 Å². The Labute approximate surface area is 98.0 Å². The predicted octanol–water partition coefficient (Wildman–Crippen LogP) is 3.33. The molecule has 0 bridgehead atoms. The van der Waals surface area contributed by atoms with Gasteiger partial charge in [0, 0.05) is 6.07 Å². The lowest BCUT2D eigenvalue weighted by atomic mass is 10.3. The van der Waals surface area contributed by atoms with E-state index in [0.717, 1.165) is 12.1 Å². The maximum Gasteiger partial charge on any atom is 0.172 e. The first-order chi connectivity index (χ1) is 8.20. The summed E-state index contributed by atoms with van der Waals surface area (Å²) < 4.78 is 23.5. The lowest BCUT2D eigenvalue weighted by Crippen LogP contribution is -1.90. The molecule has 2 aromatic carbocycles.